The van der Waals surface area contributed by atoms with Crippen LogP contribution in [0.15, 0.2) is 16.7 Å². The molecule has 0 saturated heterocycles. The van der Waals surface area contributed by atoms with Crippen molar-refractivity contribution in [2.24, 2.45) is 0 Å². The molecular weight excluding hydrogens is 246 g/mol. The fourth-order valence-corrected chi connectivity index (χ4v) is 2.68. The Labute approximate surface area is 111 Å². The number of furan rings is 1. The molecular formula is C13H19N3OS. The van der Waals surface area contributed by atoms with Gasteiger partial charge in [0, 0.05) is 6.42 Å². The molecule has 0 fully saturated rings. The Bertz CT molecular complexity index is 492. The average molecular weight is 265 g/mol. The lowest BCUT2D eigenvalue weighted by Crippen LogP contribution is -2.18. The summed E-state index contributed by atoms with van der Waals surface area (Å²) in [5, 5.41) is 13.9. The summed E-state index contributed by atoms with van der Waals surface area (Å²) in [6.07, 6.45) is 3.71. The number of hydrogen-bond acceptors (Lipinski definition) is 5. The fourth-order valence-electron chi connectivity index (χ4n) is 1.77. The number of rotatable bonds is 6. The van der Waals surface area contributed by atoms with Crippen LogP contribution >= 0.6 is 11.3 Å². The third-order valence-electron chi connectivity index (χ3n) is 2.81. The van der Waals surface area contributed by atoms with E-state index in [1.54, 1.807) is 17.6 Å². The second-order valence-corrected chi connectivity index (χ2v) is 5.24. The molecule has 5 heteroatoms. The minimum Gasteiger partial charge on any atom is -0.469 e. The number of aromatic nitrogens is 2. The van der Waals surface area contributed by atoms with Crippen LogP contribution in [0.2, 0.25) is 0 Å². The van der Waals surface area contributed by atoms with Crippen molar-refractivity contribution < 1.29 is 4.42 Å². The largest absolute Gasteiger partial charge is 0.469 e. The van der Waals surface area contributed by atoms with Gasteiger partial charge < -0.3 is 9.73 Å². The second-order valence-electron chi connectivity index (χ2n) is 4.23. The Hall–Kier alpha value is -1.20. The first-order valence-electron chi connectivity index (χ1n) is 6.39. The fraction of sp³-hybridized carbons (Fsp3) is 0.538. The van der Waals surface area contributed by atoms with Gasteiger partial charge in [-0.05, 0) is 26.0 Å². The van der Waals surface area contributed by atoms with Gasteiger partial charge in [-0.25, -0.2) is 0 Å². The molecule has 1 atom stereocenters. The van der Waals surface area contributed by atoms with Crippen LogP contribution in [0.5, 0.6) is 0 Å². The SMILES string of the molecule is CCCNC(C)c1nnc(-c2ccoc2CC)s1. The van der Waals surface area contributed by atoms with Crippen molar-refractivity contribution in [1.82, 2.24) is 15.5 Å². The molecule has 0 amide bonds. The van der Waals surface area contributed by atoms with Crippen LogP contribution in [0.25, 0.3) is 10.6 Å². The molecule has 0 radical (unpaired) electrons. The zero-order chi connectivity index (χ0) is 13.0. The minimum absolute atomic E-state index is 0.258. The van der Waals surface area contributed by atoms with Gasteiger partial charge in [0.1, 0.15) is 10.8 Å². The van der Waals surface area contributed by atoms with E-state index in [0.717, 1.165) is 40.7 Å². The van der Waals surface area contributed by atoms with Crippen LogP contribution in [0, 0.1) is 0 Å². The van der Waals surface area contributed by atoms with E-state index in [9.17, 15) is 0 Å². The van der Waals surface area contributed by atoms with Crippen LogP contribution in [0.1, 0.15) is 44.0 Å². The third-order valence-corrected chi connectivity index (χ3v) is 3.95. The molecule has 4 nitrogen and oxygen atoms in total. The molecule has 2 aromatic heterocycles. The number of nitrogens with one attached hydrogen (secondary N) is 1. The van der Waals surface area contributed by atoms with Crippen molar-refractivity contribution >= 4 is 11.3 Å². The molecule has 2 aromatic rings. The summed E-state index contributed by atoms with van der Waals surface area (Å²) in [4.78, 5) is 0. The van der Waals surface area contributed by atoms with Gasteiger partial charge in [-0.1, -0.05) is 25.2 Å². The highest BCUT2D eigenvalue weighted by Crippen LogP contribution is 2.30. The van der Waals surface area contributed by atoms with E-state index in [1.807, 2.05) is 6.07 Å². The van der Waals surface area contributed by atoms with Gasteiger partial charge in [0.2, 0.25) is 0 Å². The Morgan fingerprint density at radius 1 is 1.39 bits per heavy atom. The van der Waals surface area contributed by atoms with E-state index in [0.29, 0.717) is 0 Å². The molecule has 0 aliphatic heterocycles. The normalized spacial score (nSPS) is 12.8. The summed E-state index contributed by atoms with van der Waals surface area (Å²) in [5.74, 6) is 0.979. The number of aryl methyl sites for hydroxylation is 1. The smallest absolute Gasteiger partial charge is 0.151 e. The molecule has 2 heterocycles. The molecule has 1 unspecified atom stereocenters. The Morgan fingerprint density at radius 3 is 2.94 bits per heavy atom. The molecule has 98 valence electrons. The lowest BCUT2D eigenvalue weighted by molar-refractivity contribution is 0.517. The van der Waals surface area contributed by atoms with Crippen molar-refractivity contribution in [3.63, 3.8) is 0 Å². The molecule has 0 aliphatic rings. The van der Waals surface area contributed by atoms with Crippen LogP contribution in [0.4, 0.5) is 0 Å². The first-order valence-corrected chi connectivity index (χ1v) is 7.21. The van der Waals surface area contributed by atoms with Crippen molar-refractivity contribution in [2.45, 2.75) is 39.7 Å². The molecule has 1 N–H and O–H groups in total. The van der Waals surface area contributed by atoms with Gasteiger partial charge >= 0.3 is 0 Å². The van der Waals surface area contributed by atoms with E-state index in [2.05, 4.69) is 36.3 Å². The highest BCUT2D eigenvalue weighted by Gasteiger charge is 2.15. The van der Waals surface area contributed by atoms with Crippen molar-refractivity contribution in [3.05, 3.63) is 23.1 Å². The van der Waals surface area contributed by atoms with Crippen molar-refractivity contribution in [2.75, 3.05) is 6.54 Å². The van der Waals surface area contributed by atoms with Gasteiger partial charge in [-0.2, -0.15) is 0 Å². The monoisotopic (exact) mass is 265 g/mol. The van der Waals surface area contributed by atoms with Crippen LogP contribution < -0.4 is 5.32 Å². The molecule has 0 spiro atoms. The van der Waals surface area contributed by atoms with Gasteiger partial charge in [-0.15, -0.1) is 10.2 Å². The van der Waals surface area contributed by atoms with E-state index >= 15 is 0 Å². The number of hydrogen-bond donors (Lipinski definition) is 1. The van der Waals surface area contributed by atoms with Gasteiger partial charge in [0.25, 0.3) is 0 Å². The van der Waals surface area contributed by atoms with Gasteiger partial charge in [0.05, 0.1) is 17.9 Å². The summed E-state index contributed by atoms with van der Waals surface area (Å²) in [6, 6.07) is 2.22. The Balaban J connectivity index is 2.15. The highest BCUT2D eigenvalue weighted by atomic mass is 32.1. The van der Waals surface area contributed by atoms with Crippen molar-refractivity contribution in [3.8, 4) is 10.6 Å². The summed E-state index contributed by atoms with van der Waals surface area (Å²) >= 11 is 1.63. The maximum atomic E-state index is 5.43. The standard InChI is InChI=1S/C13H19N3OS/c1-4-7-14-9(3)12-15-16-13(18-12)10-6-8-17-11(10)5-2/h6,8-9,14H,4-5,7H2,1-3H3. The van der Waals surface area contributed by atoms with Crippen LogP contribution in [-0.4, -0.2) is 16.7 Å². The summed E-state index contributed by atoms with van der Waals surface area (Å²) < 4.78 is 5.43. The molecule has 0 aliphatic carbocycles. The lowest BCUT2D eigenvalue weighted by atomic mass is 10.2. The lowest BCUT2D eigenvalue weighted by Gasteiger charge is -2.08. The third kappa shape index (κ3) is 2.79. The minimum atomic E-state index is 0.258. The van der Waals surface area contributed by atoms with E-state index in [-0.39, 0.29) is 6.04 Å². The first kappa shape index (κ1) is 13.2. The number of nitrogens with zero attached hydrogens (tertiary/aromatic N) is 2. The summed E-state index contributed by atoms with van der Waals surface area (Å²) in [7, 11) is 0. The maximum Gasteiger partial charge on any atom is 0.151 e. The molecule has 0 bridgehead atoms. The highest BCUT2D eigenvalue weighted by molar-refractivity contribution is 7.14. The molecule has 0 saturated carbocycles. The van der Waals surface area contributed by atoms with Crippen LogP contribution in [-0.2, 0) is 6.42 Å². The van der Waals surface area contributed by atoms with Gasteiger partial charge in [-0.3, -0.25) is 0 Å². The van der Waals surface area contributed by atoms with Crippen molar-refractivity contribution in [1.29, 1.82) is 0 Å². The van der Waals surface area contributed by atoms with E-state index < -0.39 is 0 Å². The zero-order valence-corrected chi connectivity index (χ0v) is 11.9. The van der Waals surface area contributed by atoms with Gasteiger partial charge in [0.15, 0.2) is 5.01 Å². The van der Waals surface area contributed by atoms with Crippen LogP contribution in [0.3, 0.4) is 0 Å². The zero-order valence-electron chi connectivity index (χ0n) is 11.1. The maximum absolute atomic E-state index is 5.43. The molecule has 18 heavy (non-hydrogen) atoms. The predicted molar refractivity (Wildman–Crippen MR) is 73.7 cm³/mol. The first-order chi connectivity index (χ1) is 8.76. The topological polar surface area (TPSA) is 51.0 Å². The molecule has 0 aromatic carbocycles. The molecule has 2 rings (SSSR count). The quantitative estimate of drug-likeness (QED) is 0.869. The summed E-state index contributed by atoms with van der Waals surface area (Å²) in [5.41, 5.74) is 1.07. The Kier molecular flexibility index (Phi) is 4.49. The predicted octanol–water partition coefficient (Wildman–Crippen LogP) is 3.42. The summed E-state index contributed by atoms with van der Waals surface area (Å²) in [6.45, 7) is 7.36. The average Bonchev–Trinajstić information content (AvgIpc) is 3.02. The van der Waals surface area contributed by atoms with E-state index in [1.165, 1.54) is 0 Å². The van der Waals surface area contributed by atoms with E-state index in [4.69, 9.17) is 4.42 Å². The second kappa shape index (κ2) is 6.11. The Morgan fingerprint density at radius 2 is 2.22 bits per heavy atom.